The average Bonchev–Trinajstić information content (AvgIpc) is 2.31. The Hall–Kier alpha value is 0.320. The van der Waals surface area contributed by atoms with Gasteiger partial charge in [0, 0.05) is 26.2 Å². The molecule has 2 fully saturated rings. The summed E-state index contributed by atoms with van der Waals surface area (Å²) in [6.45, 7) is 1.31. The van der Waals surface area contributed by atoms with Gasteiger partial charge in [0.05, 0.1) is 26.4 Å². The van der Waals surface area contributed by atoms with Gasteiger partial charge in [-0.2, -0.15) is 5.06 Å². The standard InChI is InChI=1S/C8H16ClN2O4P/c9-16(12,11-3-7-14-8-4-11)15-10-1-5-13-6-2-10/h1-8H2. The topological polar surface area (TPSA) is 51.2 Å². The monoisotopic (exact) mass is 270 g/mol. The highest BCUT2D eigenvalue weighted by molar-refractivity contribution is 7.83. The van der Waals surface area contributed by atoms with Gasteiger partial charge in [-0.15, -0.1) is 0 Å². The molecule has 0 aromatic heterocycles. The third kappa shape index (κ3) is 3.40. The Morgan fingerprint density at radius 1 is 1.00 bits per heavy atom. The van der Waals surface area contributed by atoms with Crippen LogP contribution in [-0.4, -0.2) is 62.3 Å². The van der Waals surface area contributed by atoms with Crippen LogP contribution in [0.15, 0.2) is 0 Å². The van der Waals surface area contributed by atoms with E-state index in [1.165, 1.54) is 0 Å². The van der Waals surface area contributed by atoms with E-state index >= 15 is 0 Å². The number of morpholine rings is 2. The molecule has 2 heterocycles. The molecule has 8 heteroatoms. The van der Waals surface area contributed by atoms with Gasteiger partial charge in [0.25, 0.3) is 0 Å². The molecule has 2 aliphatic heterocycles. The number of hydrogen-bond acceptors (Lipinski definition) is 5. The van der Waals surface area contributed by atoms with Crippen molar-refractivity contribution < 1.29 is 18.7 Å². The lowest BCUT2D eigenvalue weighted by atomic mass is 10.5. The Morgan fingerprint density at radius 2 is 1.50 bits per heavy atom. The first kappa shape index (κ1) is 12.8. The van der Waals surface area contributed by atoms with Crippen LogP contribution in [-0.2, 0) is 18.7 Å². The van der Waals surface area contributed by atoms with Crippen molar-refractivity contribution in [2.45, 2.75) is 0 Å². The van der Waals surface area contributed by atoms with Crippen molar-refractivity contribution in [1.29, 1.82) is 0 Å². The molecule has 0 aromatic rings. The zero-order valence-electron chi connectivity index (χ0n) is 9.01. The molecule has 1 unspecified atom stereocenters. The highest BCUT2D eigenvalue weighted by Gasteiger charge is 2.34. The Bertz CT molecular complexity index is 269. The summed E-state index contributed by atoms with van der Waals surface area (Å²) < 4.78 is 29.5. The molecule has 0 spiro atoms. The van der Waals surface area contributed by atoms with E-state index < -0.39 is 6.87 Å². The second kappa shape index (κ2) is 5.78. The molecule has 0 saturated carbocycles. The van der Waals surface area contributed by atoms with Crippen LogP contribution in [0.4, 0.5) is 0 Å². The van der Waals surface area contributed by atoms with E-state index in [2.05, 4.69) is 0 Å². The molecule has 2 saturated heterocycles. The van der Waals surface area contributed by atoms with Crippen molar-refractivity contribution in [3.8, 4) is 0 Å². The predicted molar refractivity (Wildman–Crippen MR) is 59.3 cm³/mol. The molecule has 0 bridgehead atoms. The maximum absolute atomic E-state index is 12.2. The predicted octanol–water partition coefficient (Wildman–Crippen LogP) is 0.929. The fourth-order valence-corrected chi connectivity index (χ4v) is 3.52. The van der Waals surface area contributed by atoms with E-state index in [1.807, 2.05) is 0 Å². The number of halogens is 1. The van der Waals surface area contributed by atoms with Crippen molar-refractivity contribution in [1.82, 2.24) is 9.73 Å². The van der Waals surface area contributed by atoms with E-state index in [1.54, 1.807) is 9.73 Å². The van der Waals surface area contributed by atoms with Gasteiger partial charge in [0.15, 0.2) is 0 Å². The first-order valence-corrected chi connectivity index (χ1v) is 7.82. The summed E-state index contributed by atoms with van der Waals surface area (Å²) >= 11 is 5.97. The van der Waals surface area contributed by atoms with Gasteiger partial charge in [0.2, 0.25) is 0 Å². The van der Waals surface area contributed by atoms with Gasteiger partial charge in [0.1, 0.15) is 0 Å². The van der Waals surface area contributed by atoms with Crippen LogP contribution in [0.2, 0.25) is 0 Å². The summed E-state index contributed by atoms with van der Waals surface area (Å²) in [5.74, 6) is 0. The molecule has 94 valence electrons. The Balaban J connectivity index is 1.87. The van der Waals surface area contributed by atoms with Crippen LogP contribution in [0.25, 0.3) is 0 Å². The molecule has 0 amide bonds. The molecule has 16 heavy (non-hydrogen) atoms. The molecule has 6 nitrogen and oxygen atoms in total. The molecule has 0 radical (unpaired) electrons. The number of nitrogens with zero attached hydrogens (tertiary/aromatic N) is 2. The first-order chi connectivity index (χ1) is 7.68. The molecule has 1 atom stereocenters. The van der Waals surface area contributed by atoms with Gasteiger partial charge < -0.3 is 9.47 Å². The number of hydroxylamine groups is 2. The van der Waals surface area contributed by atoms with E-state index in [4.69, 9.17) is 25.3 Å². The third-order valence-electron chi connectivity index (χ3n) is 2.51. The molecule has 2 aliphatic rings. The van der Waals surface area contributed by atoms with Crippen molar-refractivity contribution in [3.05, 3.63) is 0 Å². The van der Waals surface area contributed by atoms with Crippen LogP contribution in [0.5, 0.6) is 0 Å². The molecular weight excluding hydrogens is 255 g/mol. The highest BCUT2D eigenvalue weighted by Crippen LogP contribution is 2.56. The zero-order valence-corrected chi connectivity index (χ0v) is 10.7. The summed E-state index contributed by atoms with van der Waals surface area (Å²) in [7, 11) is 0. The summed E-state index contributed by atoms with van der Waals surface area (Å²) in [4.78, 5) is 0. The van der Waals surface area contributed by atoms with Crippen LogP contribution in [0, 0.1) is 0 Å². The highest BCUT2D eigenvalue weighted by atomic mass is 35.7. The number of rotatable bonds is 3. The molecule has 0 aromatic carbocycles. The molecule has 0 N–H and O–H groups in total. The van der Waals surface area contributed by atoms with Gasteiger partial charge >= 0.3 is 6.87 Å². The summed E-state index contributed by atoms with van der Waals surface area (Å²) in [5.41, 5.74) is 0. The van der Waals surface area contributed by atoms with E-state index in [0.717, 1.165) is 0 Å². The largest absolute Gasteiger partial charge is 0.379 e. The quantitative estimate of drug-likeness (QED) is 0.711. The van der Waals surface area contributed by atoms with E-state index in [-0.39, 0.29) is 0 Å². The first-order valence-electron chi connectivity index (χ1n) is 5.34. The zero-order chi connectivity index (χ0) is 11.4. The maximum Gasteiger partial charge on any atom is 0.379 e. The fourth-order valence-electron chi connectivity index (χ4n) is 1.61. The average molecular weight is 271 g/mol. The lowest BCUT2D eigenvalue weighted by molar-refractivity contribution is -0.120. The van der Waals surface area contributed by atoms with Crippen LogP contribution < -0.4 is 0 Å². The number of ether oxygens (including phenoxy) is 2. The van der Waals surface area contributed by atoms with Crippen LogP contribution >= 0.6 is 18.1 Å². The number of hydrogen-bond donors (Lipinski definition) is 0. The Morgan fingerprint density at radius 3 is 2.06 bits per heavy atom. The summed E-state index contributed by atoms with van der Waals surface area (Å²) in [6, 6.07) is 0. The molecular formula is C8H16ClN2O4P. The van der Waals surface area contributed by atoms with Gasteiger partial charge in [-0.05, 0) is 11.2 Å². The minimum Gasteiger partial charge on any atom is -0.379 e. The minimum absolute atomic E-state index is 0.545. The Labute approximate surface area is 99.6 Å². The van der Waals surface area contributed by atoms with E-state index in [9.17, 15) is 4.57 Å². The summed E-state index contributed by atoms with van der Waals surface area (Å²) in [6.07, 6.45) is 0. The fraction of sp³-hybridized carbons (Fsp3) is 1.00. The van der Waals surface area contributed by atoms with Crippen molar-refractivity contribution in [3.63, 3.8) is 0 Å². The van der Waals surface area contributed by atoms with Gasteiger partial charge in [-0.3, -0.25) is 4.57 Å². The van der Waals surface area contributed by atoms with Crippen LogP contribution in [0.3, 0.4) is 0 Å². The lowest BCUT2D eigenvalue weighted by Gasteiger charge is -2.33. The molecule has 2 rings (SSSR count). The third-order valence-corrected chi connectivity index (χ3v) is 4.85. The van der Waals surface area contributed by atoms with Crippen molar-refractivity contribution in [2.75, 3.05) is 52.6 Å². The summed E-state index contributed by atoms with van der Waals surface area (Å²) in [5, 5.41) is 1.62. The smallest absolute Gasteiger partial charge is 0.379 e. The van der Waals surface area contributed by atoms with Gasteiger partial charge in [-0.25, -0.2) is 9.29 Å². The lowest BCUT2D eigenvalue weighted by Crippen LogP contribution is -2.39. The maximum atomic E-state index is 12.2. The second-order valence-corrected chi connectivity index (χ2v) is 6.55. The normalized spacial score (nSPS) is 28.8. The molecule has 0 aliphatic carbocycles. The minimum atomic E-state index is -3.24. The SMILES string of the molecule is O=P(Cl)(ON1CCOCC1)N1CCOCC1. The van der Waals surface area contributed by atoms with Gasteiger partial charge in [-0.1, -0.05) is 0 Å². The van der Waals surface area contributed by atoms with E-state index in [0.29, 0.717) is 52.6 Å². The van der Waals surface area contributed by atoms with Crippen LogP contribution in [0.1, 0.15) is 0 Å². The van der Waals surface area contributed by atoms with Crippen molar-refractivity contribution in [2.24, 2.45) is 0 Å². The Kier molecular flexibility index (Phi) is 4.61. The second-order valence-electron chi connectivity index (χ2n) is 3.64. The van der Waals surface area contributed by atoms with Crippen molar-refractivity contribution >= 4 is 18.1 Å².